The molecule has 0 amide bonds. The first-order valence-electron chi connectivity index (χ1n) is 4.72. The fourth-order valence-corrected chi connectivity index (χ4v) is 1.49. The van der Waals surface area contributed by atoms with Crippen LogP contribution in [0.5, 0.6) is 0 Å². The van der Waals surface area contributed by atoms with Gasteiger partial charge in [-0.2, -0.15) is 13.2 Å². The lowest BCUT2D eigenvalue weighted by atomic mass is 10.3. The van der Waals surface area contributed by atoms with Crippen LogP contribution in [0, 0.1) is 0 Å². The molecule has 0 saturated heterocycles. The van der Waals surface area contributed by atoms with Gasteiger partial charge in [0.15, 0.2) is 0 Å². The molecule has 1 aromatic carbocycles. The summed E-state index contributed by atoms with van der Waals surface area (Å²) in [6, 6.07) is 5.19. The van der Waals surface area contributed by atoms with Crippen LogP contribution in [0.25, 0.3) is 0 Å². The fraction of sp³-hybridized carbons (Fsp3) is 0.400. The number of hydrogen-bond acceptors (Lipinski definition) is 2. The summed E-state index contributed by atoms with van der Waals surface area (Å²) in [7, 11) is 0. The second kappa shape index (κ2) is 6.47. The summed E-state index contributed by atoms with van der Waals surface area (Å²) in [5.74, 6) is 0. The van der Waals surface area contributed by atoms with Crippen LogP contribution < -0.4 is 5.32 Å². The molecule has 0 aliphatic carbocycles. The molecule has 1 N–H and O–H groups in total. The molecule has 0 aliphatic heterocycles. The summed E-state index contributed by atoms with van der Waals surface area (Å²) in [5.41, 5.74) is 0.730. The van der Waals surface area contributed by atoms with Gasteiger partial charge in [-0.25, -0.2) is 0 Å². The summed E-state index contributed by atoms with van der Waals surface area (Å²) in [6.45, 7) is -0.961. The lowest BCUT2D eigenvalue weighted by Gasteiger charge is -2.09. The average molecular weight is 333 g/mol. The molecule has 0 fully saturated rings. The van der Waals surface area contributed by atoms with Crippen LogP contribution in [0.4, 0.5) is 18.9 Å². The van der Waals surface area contributed by atoms with E-state index in [0.29, 0.717) is 5.02 Å². The Balaban J connectivity index is 2.25. The van der Waals surface area contributed by atoms with Crippen LogP contribution in [0.15, 0.2) is 22.7 Å². The molecule has 2 nitrogen and oxygen atoms in total. The van der Waals surface area contributed by atoms with Crippen molar-refractivity contribution >= 4 is 33.2 Å². The monoisotopic (exact) mass is 331 g/mol. The van der Waals surface area contributed by atoms with Gasteiger partial charge in [0.05, 0.1) is 11.6 Å². The Bertz CT molecular complexity index is 373. The first-order chi connectivity index (χ1) is 7.88. The summed E-state index contributed by atoms with van der Waals surface area (Å²) in [5, 5.41) is 3.43. The van der Waals surface area contributed by atoms with E-state index in [1.807, 2.05) is 0 Å². The third-order valence-electron chi connectivity index (χ3n) is 1.76. The number of rotatable bonds is 5. The van der Waals surface area contributed by atoms with Gasteiger partial charge in [0.2, 0.25) is 0 Å². The fourth-order valence-electron chi connectivity index (χ4n) is 1.06. The first-order valence-corrected chi connectivity index (χ1v) is 5.89. The molecule has 0 atom stereocenters. The third-order valence-corrected chi connectivity index (χ3v) is 2.99. The van der Waals surface area contributed by atoms with Gasteiger partial charge >= 0.3 is 6.18 Å². The predicted molar refractivity (Wildman–Crippen MR) is 64.5 cm³/mol. The Kier molecular flexibility index (Phi) is 5.55. The van der Waals surface area contributed by atoms with E-state index in [-0.39, 0.29) is 13.2 Å². The molecule has 1 aromatic rings. The maximum absolute atomic E-state index is 11.7. The molecule has 7 heteroatoms. The van der Waals surface area contributed by atoms with E-state index in [2.05, 4.69) is 26.0 Å². The van der Waals surface area contributed by atoms with Gasteiger partial charge in [-0.15, -0.1) is 0 Å². The second-order valence-corrected chi connectivity index (χ2v) is 4.48. The Morgan fingerprint density at radius 3 is 2.65 bits per heavy atom. The smallest absolute Gasteiger partial charge is 0.383 e. The van der Waals surface area contributed by atoms with Gasteiger partial charge in [0.25, 0.3) is 0 Å². The quantitative estimate of drug-likeness (QED) is 0.820. The maximum atomic E-state index is 11.7. The Labute approximate surface area is 110 Å². The van der Waals surface area contributed by atoms with Crippen molar-refractivity contribution in [2.24, 2.45) is 0 Å². The molecule has 0 saturated carbocycles. The molecular formula is C10H10BrClF3NO. The van der Waals surface area contributed by atoms with Crippen molar-refractivity contribution in [1.29, 1.82) is 0 Å². The molecule has 0 spiro atoms. The van der Waals surface area contributed by atoms with Crippen LogP contribution in [0.2, 0.25) is 5.02 Å². The van der Waals surface area contributed by atoms with E-state index in [1.165, 1.54) is 0 Å². The topological polar surface area (TPSA) is 21.3 Å². The van der Waals surface area contributed by atoms with E-state index < -0.39 is 12.8 Å². The van der Waals surface area contributed by atoms with E-state index >= 15 is 0 Å². The first kappa shape index (κ1) is 14.6. The normalized spacial score (nSPS) is 11.6. The zero-order chi connectivity index (χ0) is 12.9. The highest BCUT2D eigenvalue weighted by molar-refractivity contribution is 9.10. The SMILES string of the molecule is FC(F)(F)COCCNc1ccc(Br)c(Cl)c1. The summed E-state index contributed by atoms with van der Waals surface area (Å²) in [6.07, 6.45) is -4.28. The number of ether oxygens (including phenoxy) is 1. The highest BCUT2D eigenvalue weighted by atomic mass is 79.9. The van der Waals surface area contributed by atoms with Crippen molar-refractivity contribution in [3.8, 4) is 0 Å². The molecule has 0 radical (unpaired) electrons. The Morgan fingerprint density at radius 2 is 2.06 bits per heavy atom. The van der Waals surface area contributed by atoms with Crippen LogP contribution in [0.3, 0.4) is 0 Å². The Morgan fingerprint density at radius 1 is 1.35 bits per heavy atom. The molecule has 1 rings (SSSR count). The molecule has 17 heavy (non-hydrogen) atoms. The molecule has 0 heterocycles. The lowest BCUT2D eigenvalue weighted by molar-refractivity contribution is -0.172. The molecular weight excluding hydrogens is 322 g/mol. The van der Waals surface area contributed by atoms with Gasteiger partial charge in [-0.1, -0.05) is 11.6 Å². The van der Waals surface area contributed by atoms with Crippen LogP contribution in [-0.4, -0.2) is 25.9 Å². The lowest BCUT2D eigenvalue weighted by Crippen LogP contribution is -2.20. The van der Waals surface area contributed by atoms with E-state index in [0.717, 1.165) is 10.2 Å². The number of benzene rings is 1. The van der Waals surface area contributed by atoms with Crippen molar-refractivity contribution in [2.75, 3.05) is 25.1 Å². The van der Waals surface area contributed by atoms with Crippen LogP contribution >= 0.6 is 27.5 Å². The number of anilines is 1. The number of alkyl halides is 3. The van der Waals surface area contributed by atoms with E-state index in [9.17, 15) is 13.2 Å². The zero-order valence-corrected chi connectivity index (χ0v) is 11.0. The molecule has 0 aliphatic rings. The van der Waals surface area contributed by atoms with Crippen molar-refractivity contribution in [3.63, 3.8) is 0 Å². The van der Waals surface area contributed by atoms with E-state index in [1.54, 1.807) is 18.2 Å². The van der Waals surface area contributed by atoms with E-state index in [4.69, 9.17) is 11.6 Å². The summed E-state index contributed by atoms with van der Waals surface area (Å²) in [4.78, 5) is 0. The zero-order valence-electron chi connectivity index (χ0n) is 8.65. The minimum Gasteiger partial charge on any atom is -0.383 e. The van der Waals surface area contributed by atoms with Gasteiger partial charge in [-0.05, 0) is 34.1 Å². The van der Waals surface area contributed by atoms with Gasteiger partial charge < -0.3 is 10.1 Å². The summed E-state index contributed by atoms with van der Waals surface area (Å²) < 4.78 is 40.4. The van der Waals surface area contributed by atoms with Crippen molar-refractivity contribution in [1.82, 2.24) is 0 Å². The minimum atomic E-state index is -4.28. The number of halogens is 5. The van der Waals surface area contributed by atoms with Gasteiger partial charge in [0, 0.05) is 16.7 Å². The predicted octanol–water partition coefficient (Wildman–Crippen LogP) is 4.09. The molecule has 0 aromatic heterocycles. The van der Waals surface area contributed by atoms with Crippen LogP contribution in [-0.2, 0) is 4.74 Å². The largest absolute Gasteiger partial charge is 0.411 e. The van der Waals surface area contributed by atoms with Crippen molar-refractivity contribution in [3.05, 3.63) is 27.7 Å². The average Bonchev–Trinajstić information content (AvgIpc) is 2.21. The Hall–Kier alpha value is -0.460. The highest BCUT2D eigenvalue weighted by Crippen LogP contribution is 2.25. The molecule has 96 valence electrons. The second-order valence-electron chi connectivity index (χ2n) is 3.22. The van der Waals surface area contributed by atoms with Crippen molar-refractivity contribution < 1.29 is 17.9 Å². The van der Waals surface area contributed by atoms with Gasteiger partial charge in [-0.3, -0.25) is 0 Å². The maximum Gasteiger partial charge on any atom is 0.411 e. The minimum absolute atomic E-state index is 0.0206. The third kappa shape index (κ3) is 6.14. The highest BCUT2D eigenvalue weighted by Gasteiger charge is 2.27. The van der Waals surface area contributed by atoms with Crippen LogP contribution in [0.1, 0.15) is 0 Å². The molecule has 0 unspecified atom stereocenters. The van der Waals surface area contributed by atoms with Gasteiger partial charge in [0.1, 0.15) is 6.61 Å². The molecule has 0 bridgehead atoms. The summed E-state index contributed by atoms with van der Waals surface area (Å²) >= 11 is 9.08. The number of nitrogens with one attached hydrogen (secondary N) is 1. The number of hydrogen-bond donors (Lipinski definition) is 1. The van der Waals surface area contributed by atoms with Crippen molar-refractivity contribution in [2.45, 2.75) is 6.18 Å². The standard InChI is InChI=1S/C10H10BrClF3NO/c11-8-2-1-7(5-9(8)12)16-3-4-17-6-10(13,14)15/h1-2,5,16H,3-4,6H2.